The van der Waals surface area contributed by atoms with Crippen LogP contribution in [-0.2, 0) is 6.42 Å². The van der Waals surface area contributed by atoms with Crippen LogP contribution in [0.25, 0.3) is 0 Å². The monoisotopic (exact) mass is 345 g/mol. The van der Waals surface area contributed by atoms with Gasteiger partial charge in [0.2, 0.25) is 0 Å². The molecule has 1 heterocycles. The molecule has 0 fully saturated rings. The Bertz CT molecular complexity index is 775. The smallest absolute Gasteiger partial charge is 0.254 e. The zero-order valence-corrected chi connectivity index (χ0v) is 14.8. The van der Waals surface area contributed by atoms with E-state index in [2.05, 4.69) is 0 Å². The molecule has 0 saturated carbocycles. The highest BCUT2D eigenvalue weighted by atomic mass is 35.5. The third-order valence-corrected chi connectivity index (χ3v) is 4.75. The van der Waals surface area contributed by atoms with Gasteiger partial charge in [0.15, 0.2) is 11.5 Å². The van der Waals surface area contributed by atoms with Gasteiger partial charge in [0.1, 0.15) is 0 Å². The van der Waals surface area contributed by atoms with Crippen molar-refractivity contribution in [2.45, 2.75) is 19.4 Å². The highest BCUT2D eigenvalue weighted by molar-refractivity contribution is 6.30. The molecule has 3 rings (SSSR count). The molecule has 1 amide bonds. The SMILES string of the molecule is COc1cc2c(cc1OC)C(C)N(C(=O)c1cccc(Cl)c1)CC2. The molecule has 5 heteroatoms. The summed E-state index contributed by atoms with van der Waals surface area (Å²) in [5.74, 6) is 1.39. The van der Waals surface area contributed by atoms with E-state index in [1.54, 1.807) is 38.5 Å². The largest absolute Gasteiger partial charge is 0.493 e. The van der Waals surface area contributed by atoms with Crippen LogP contribution in [-0.4, -0.2) is 31.6 Å². The van der Waals surface area contributed by atoms with Crippen molar-refractivity contribution in [3.05, 3.63) is 58.1 Å². The molecule has 1 atom stereocenters. The summed E-state index contributed by atoms with van der Waals surface area (Å²) >= 11 is 6.02. The Hall–Kier alpha value is -2.20. The van der Waals surface area contributed by atoms with Gasteiger partial charge in [0.25, 0.3) is 5.91 Å². The number of carbonyl (C=O) groups excluding carboxylic acids is 1. The number of halogens is 1. The first kappa shape index (κ1) is 16.7. The summed E-state index contributed by atoms with van der Waals surface area (Å²) in [5, 5.41) is 0.567. The second-order valence-corrected chi connectivity index (χ2v) is 6.28. The molecular weight excluding hydrogens is 326 g/mol. The van der Waals surface area contributed by atoms with Gasteiger partial charge < -0.3 is 14.4 Å². The maximum Gasteiger partial charge on any atom is 0.254 e. The summed E-state index contributed by atoms with van der Waals surface area (Å²) in [6.45, 7) is 2.70. The van der Waals surface area contributed by atoms with E-state index in [0.29, 0.717) is 22.9 Å². The van der Waals surface area contributed by atoms with Crippen LogP contribution < -0.4 is 9.47 Å². The Kier molecular flexibility index (Phi) is 4.67. The molecule has 0 N–H and O–H groups in total. The molecule has 0 saturated heterocycles. The number of hydrogen-bond acceptors (Lipinski definition) is 3. The quantitative estimate of drug-likeness (QED) is 0.840. The van der Waals surface area contributed by atoms with Crippen molar-refractivity contribution >= 4 is 17.5 Å². The number of hydrogen-bond donors (Lipinski definition) is 0. The average molecular weight is 346 g/mol. The lowest BCUT2D eigenvalue weighted by molar-refractivity contribution is 0.0677. The average Bonchev–Trinajstić information content (AvgIpc) is 2.60. The minimum absolute atomic E-state index is 0.00886. The summed E-state index contributed by atoms with van der Waals surface area (Å²) in [4.78, 5) is 14.7. The number of methoxy groups -OCH3 is 2. The van der Waals surface area contributed by atoms with E-state index in [9.17, 15) is 4.79 Å². The number of benzene rings is 2. The van der Waals surface area contributed by atoms with Gasteiger partial charge >= 0.3 is 0 Å². The predicted molar refractivity (Wildman–Crippen MR) is 94.2 cm³/mol. The second-order valence-electron chi connectivity index (χ2n) is 5.84. The lowest BCUT2D eigenvalue weighted by Gasteiger charge is -2.36. The zero-order chi connectivity index (χ0) is 17.3. The fourth-order valence-electron chi connectivity index (χ4n) is 3.21. The van der Waals surface area contributed by atoms with E-state index in [1.165, 1.54) is 5.56 Å². The molecule has 2 aromatic rings. The number of fused-ring (bicyclic) bond motifs is 1. The molecular formula is C19H20ClNO3. The summed E-state index contributed by atoms with van der Waals surface area (Å²) in [6.07, 6.45) is 0.784. The molecule has 1 unspecified atom stereocenters. The van der Waals surface area contributed by atoms with Gasteiger partial charge in [-0.3, -0.25) is 4.79 Å². The number of carbonyl (C=O) groups is 1. The topological polar surface area (TPSA) is 38.8 Å². The van der Waals surface area contributed by atoms with Crippen molar-refractivity contribution in [3.63, 3.8) is 0 Å². The molecule has 24 heavy (non-hydrogen) atoms. The first-order valence-corrected chi connectivity index (χ1v) is 8.24. The summed E-state index contributed by atoms with van der Waals surface area (Å²) in [5.41, 5.74) is 2.89. The van der Waals surface area contributed by atoms with Gasteiger partial charge in [0.05, 0.1) is 20.3 Å². The first-order valence-electron chi connectivity index (χ1n) is 7.86. The number of rotatable bonds is 3. The Morgan fingerprint density at radius 2 is 1.88 bits per heavy atom. The minimum atomic E-state index is -0.0416. The van der Waals surface area contributed by atoms with E-state index in [4.69, 9.17) is 21.1 Å². The Labute approximate surface area is 146 Å². The van der Waals surface area contributed by atoms with Gasteiger partial charge in [-0.1, -0.05) is 17.7 Å². The number of ether oxygens (including phenoxy) is 2. The standard InChI is InChI=1S/C19H20ClNO3/c1-12-16-11-18(24-3)17(23-2)10-13(16)7-8-21(12)19(22)14-5-4-6-15(20)9-14/h4-6,9-12H,7-8H2,1-3H3. The molecule has 4 nitrogen and oxygen atoms in total. The maximum atomic E-state index is 12.9. The minimum Gasteiger partial charge on any atom is -0.493 e. The summed E-state index contributed by atoms with van der Waals surface area (Å²) in [7, 11) is 3.25. The van der Waals surface area contributed by atoms with Crippen molar-refractivity contribution in [3.8, 4) is 11.5 Å². The lowest BCUT2D eigenvalue weighted by Crippen LogP contribution is -2.38. The Morgan fingerprint density at radius 1 is 1.17 bits per heavy atom. The first-order chi connectivity index (χ1) is 11.5. The Morgan fingerprint density at radius 3 is 2.54 bits per heavy atom. The summed E-state index contributed by atoms with van der Waals surface area (Å²) in [6, 6.07) is 11.0. The zero-order valence-electron chi connectivity index (χ0n) is 14.0. The van der Waals surface area contributed by atoms with Crippen molar-refractivity contribution in [1.29, 1.82) is 0 Å². The van der Waals surface area contributed by atoms with Crippen LogP contribution in [0.4, 0.5) is 0 Å². The molecule has 1 aliphatic heterocycles. The van der Waals surface area contributed by atoms with E-state index in [1.807, 2.05) is 24.0 Å². The highest BCUT2D eigenvalue weighted by Crippen LogP contribution is 2.38. The van der Waals surface area contributed by atoms with Gasteiger partial charge in [0, 0.05) is 17.1 Å². The van der Waals surface area contributed by atoms with E-state index >= 15 is 0 Å². The van der Waals surface area contributed by atoms with E-state index < -0.39 is 0 Å². The molecule has 0 radical (unpaired) electrons. The van der Waals surface area contributed by atoms with Gasteiger partial charge in [-0.25, -0.2) is 0 Å². The lowest BCUT2D eigenvalue weighted by atomic mass is 9.92. The molecule has 1 aliphatic rings. The molecule has 0 spiro atoms. The summed E-state index contributed by atoms with van der Waals surface area (Å²) < 4.78 is 10.8. The van der Waals surface area contributed by atoms with Crippen LogP contribution in [0.1, 0.15) is 34.5 Å². The second kappa shape index (κ2) is 6.73. The van der Waals surface area contributed by atoms with Crippen molar-refractivity contribution in [1.82, 2.24) is 4.90 Å². The molecule has 0 bridgehead atoms. The molecule has 2 aromatic carbocycles. The number of nitrogens with zero attached hydrogens (tertiary/aromatic N) is 1. The fourth-order valence-corrected chi connectivity index (χ4v) is 3.40. The normalized spacial score (nSPS) is 16.5. The number of amides is 1. The van der Waals surface area contributed by atoms with Crippen LogP contribution in [0, 0.1) is 0 Å². The van der Waals surface area contributed by atoms with Crippen LogP contribution >= 0.6 is 11.6 Å². The molecule has 0 aromatic heterocycles. The highest BCUT2D eigenvalue weighted by Gasteiger charge is 2.29. The van der Waals surface area contributed by atoms with Gasteiger partial charge in [-0.05, 0) is 54.8 Å². The predicted octanol–water partition coefficient (Wildman–Crippen LogP) is 4.12. The van der Waals surface area contributed by atoms with Crippen LogP contribution in [0.2, 0.25) is 5.02 Å². The van der Waals surface area contributed by atoms with E-state index in [0.717, 1.165) is 17.7 Å². The van der Waals surface area contributed by atoms with Crippen molar-refractivity contribution in [2.75, 3.05) is 20.8 Å². The molecule has 0 aliphatic carbocycles. The van der Waals surface area contributed by atoms with Crippen LogP contribution in [0.3, 0.4) is 0 Å². The van der Waals surface area contributed by atoms with Gasteiger partial charge in [-0.2, -0.15) is 0 Å². The van der Waals surface area contributed by atoms with Crippen molar-refractivity contribution < 1.29 is 14.3 Å². The van der Waals surface area contributed by atoms with Crippen LogP contribution in [0.15, 0.2) is 36.4 Å². The maximum absolute atomic E-state index is 12.9. The van der Waals surface area contributed by atoms with Gasteiger partial charge in [-0.15, -0.1) is 0 Å². The third kappa shape index (κ3) is 2.94. The van der Waals surface area contributed by atoms with Crippen molar-refractivity contribution in [2.24, 2.45) is 0 Å². The Balaban J connectivity index is 1.94. The fraction of sp³-hybridized carbons (Fsp3) is 0.316. The van der Waals surface area contributed by atoms with E-state index in [-0.39, 0.29) is 11.9 Å². The molecule has 126 valence electrons. The van der Waals surface area contributed by atoms with Crippen LogP contribution in [0.5, 0.6) is 11.5 Å². The third-order valence-electron chi connectivity index (χ3n) is 4.52.